The number of alkyl halides is 3. The molecule has 0 saturated carbocycles. The molecule has 0 aliphatic carbocycles. The van der Waals surface area contributed by atoms with Gasteiger partial charge in [-0.25, -0.2) is 6.57 Å². The monoisotopic (exact) mass is 487 g/mol. The zero-order chi connectivity index (χ0) is 26.0. The average molecular weight is 488 g/mol. The highest BCUT2D eigenvalue weighted by atomic mass is 19.4. The summed E-state index contributed by atoms with van der Waals surface area (Å²) in [6.07, 6.45) is -5.21. The molecule has 5 atom stereocenters. The first-order valence-corrected chi connectivity index (χ1v) is 11.3. The first-order chi connectivity index (χ1) is 15.6. The summed E-state index contributed by atoms with van der Waals surface area (Å²) in [5.74, 6) is -3.89. The Balaban J connectivity index is 2.19. The summed E-state index contributed by atoms with van der Waals surface area (Å²) in [6.45, 7) is 16.2. The van der Waals surface area contributed by atoms with Crippen LogP contribution in [0.1, 0.15) is 53.9 Å². The van der Waals surface area contributed by atoms with Crippen LogP contribution in [0.4, 0.5) is 13.2 Å². The summed E-state index contributed by atoms with van der Waals surface area (Å²) in [6, 6.07) is -2.73. The molecule has 12 heteroatoms. The van der Waals surface area contributed by atoms with Crippen LogP contribution in [0.2, 0.25) is 0 Å². The van der Waals surface area contributed by atoms with Crippen molar-refractivity contribution in [2.75, 3.05) is 6.54 Å². The van der Waals surface area contributed by atoms with E-state index < -0.39 is 47.6 Å². The number of amides is 4. The van der Waals surface area contributed by atoms with Crippen LogP contribution in [-0.4, -0.2) is 65.5 Å². The van der Waals surface area contributed by atoms with Crippen molar-refractivity contribution in [3.05, 3.63) is 11.4 Å². The van der Waals surface area contributed by atoms with E-state index >= 15 is 0 Å². The lowest BCUT2D eigenvalue weighted by Gasteiger charge is -2.27. The van der Waals surface area contributed by atoms with Crippen LogP contribution in [0.15, 0.2) is 0 Å². The van der Waals surface area contributed by atoms with Crippen molar-refractivity contribution >= 4 is 23.6 Å². The fraction of sp³-hybridized carbons (Fsp3) is 0.773. The maximum atomic E-state index is 13.4. The normalized spacial score (nSPS) is 26.4. The fourth-order valence-corrected chi connectivity index (χ4v) is 4.43. The van der Waals surface area contributed by atoms with Gasteiger partial charge in [-0.1, -0.05) is 27.7 Å². The lowest BCUT2D eigenvalue weighted by Crippen LogP contribution is -2.55. The van der Waals surface area contributed by atoms with Crippen LogP contribution >= 0.6 is 0 Å². The Kier molecular flexibility index (Phi) is 8.22. The Bertz CT molecular complexity index is 870. The summed E-state index contributed by atoms with van der Waals surface area (Å²) < 4.78 is 37.5. The lowest BCUT2D eigenvalue weighted by atomic mass is 9.81. The van der Waals surface area contributed by atoms with Crippen molar-refractivity contribution in [1.29, 1.82) is 0 Å². The molecule has 0 radical (unpaired) electrons. The van der Waals surface area contributed by atoms with Crippen molar-refractivity contribution in [1.82, 2.24) is 20.9 Å². The summed E-state index contributed by atoms with van der Waals surface area (Å²) >= 11 is 0. The zero-order valence-electron chi connectivity index (χ0n) is 20.0. The Morgan fingerprint density at radius 2 is 1.79 bits per heavy atom. The van der Waals surface area contributed by atoms with Crippen LogP contribution in [0, 0.1) is 23.8 Å². The number of nitrogens with one attached hydrogen (secondary N) is 3. The van der Waals surface area contributed by atoms with Crippen LogP contribution in [0.25, 0.3) is 4.85 Å². The van der Waals surface area contributed by atoms with E-state index in [0.29, 0.717) is 6.42 Å². The largest absolute Gasteiger partial charge is 0.471 e. The molecule has 0 aromatic heterocycles. The molecule has 1 spiro atoms. The van der Waals surface area contributed by atoms with Crippen molar-refractivity contribution in [3.63, 3.8) is 0 Å². The number of hydrogen-bond acceptors (Lipinski definition) is 4. The molecule has 2 aliphatic rings. The van der Waals surface area contributed by atoms with Gasteiger partial charge in [-0.05, 0) is 31.6 Å². The summed E-state index contributed by atoms with van der Waals surface area (Å²) in [5.41, 5.74) is -0.889. The van der Waals surface area contributed by atoms with E-state index in [-0.39, 0.29) is 43.2 Å². The van der Waals surface area contributed by atoms with Gasteiger partial charge in [-0.2, -0.15) is 13.2 Å². The second-order valence-corrected chi connectivity index (χ2v) is 9.97. The summed E-state index contributed by atoms with van der Waals surface area (Å²) in [4.78, 5) is 54.7. The van der Waals surface area contributed by atoms with Crippen molar-refractivity contribution in [2.45, 2.75) is 84.3 Å². The smallest absolute Gasteiger partial charge is 0.353 e. The molecule has 1 unspecified atom stereocenters. The molecule has 2 heterocycles. The molecule has 2 fully saturated rings. The van der Waals surface area contributed by atoms with E-state index in [1.165, 1.54) is 4.90 Å². The van der Waals surface area contributed by atoms with Crippen LogP contribution in [0.3, 0.4) is 0 Å². The summed E-state index contributed by atoms with van der Waals surface area (Å²) in [7, 11) is 0. The molecule has 0 aromatic rings. The van der Waals surface area contributed by atoms with Gasteiger partial charge in [0.1, 0.15) is 12.1 Å². The minimum atomic E-state index is -5.15. The molecule has 0 aromatic carbocycles. The molecule has 34 heavy (non-hydrogen) atoms. The molecule has 2 aliphatic heterocycles. The number of nitrogens with zero attached hydrogens (tertiary/aromatic N) is 2. The second-order valence-electron chi connectivity index (χ2n) is 9.97. The van der Waals surface area contributed by atoms with E-state index in [1.807, 2.05) is 13.8 Å². The Hall–Kier alpha value is -2.84. The first kappa shape index (κ1) is 27.4. The van der Waals surface area contributed by atoms with E-state index in [0.717, 1.165) is 6.92 Å². The highest BCUT2D eigenvalue weighted by Gasteiger charge is 2.58. The fourth-order valence-electron chi connectivity index (χ4n) is 4.43. The van der Waals surface area contributed by atoms with Gasteiger partial charge < -0.3 is 16.0 Å². The number of rotatable bonds is 7. The van der Waals surface area contributed by atoms with Crippen molar-refractivity contribution in [3.8, 4) is 0 Å². The SMILES string of the molecule is [C-]#[N+][C@@H]1C[C@@]2(CC(C(C)C)NC2=O)CN1C(=O)[C@H](CC(C)C)NC(=O)[C@H](C)NC(=O)C(F)(F)F. The number of carbonyl (C=O) groups is 4. The minimum absolute atomic E-state index is 0.0265. The third kappa shape index (κ3) is 5.98. The number of halogens is 3. The maximum absolute atomic E-state index is 13.4. The highest BCUT2D eigenvalue weighted by Crippen LogP contribution is 2.44. The maximum Gasteiger partial charge on any atom is 0.471 e. The topological polar surface area (TPSA) is 112 Å². The highest BCUT2D eigenvalue weighted by molar-refractivity contribution is 5.94. The van der Waals surface area contributed by atoms with Crippen molar-refractivity contribution in [2.24, 2.45) is 17.3 Å². The number of carbonyl (C=O) groups excluding carboxylic acids is 4. The van der Waals surface area contributed by atoms with E-state index in [2.05, 4.69) is 15.5 Å². The minimum Gasteiger partial charge on any atom is -0.353 e. The van der Waals surface area contributed by atoms with Gasteiger partial charge in [0.25, 0.3) is 5.91 Å². The van der Waals surface area contributed by atoms with Crippen molar-refractivity contribution < 1.29 is 32.3 Å². The quantitative estimate of drug-likeness (QED) is 0.474. The molecular formula is C22H32F3N5O4. The standard InChI is InChI=1S/C22H32F3N5O4/c1-11(2)7-14(28-17(31)13(5)27-20(34)22(23,24)25)18(32)30-10-21(9-16(30)26-6)8-15(12(3)4)29-19(21)33/h11-16H,7-10H2,1-5H3,(H,27,34)(H,28,31)(H,29,33)/t13-,14-,15?,16-,21-/m0/s1. The molecule has 0 bridgehead atoms. The lowest BCUT2D eigenvalue weighted by molar-refractivity contribution is -0.174. The van der Waals surface area contributed by atoms with E-state index in [4.69, 9.17) is 6.57 Å². The van der Waals surface area contributed by atoms with E-state index in [1.54, 1.807) is 19.2 Å². The van der Waals surface area contributed by atoms with Gasteiger partial charge in [0.15, 0.2) is 0 Å². The van der Waals surface area contributed by atoms with Crippen LogP contribution in [-0.2, 0) is 19.2 Å². The van der Waals surface area contributed by atoms with Gasteiger partial charge in [-0.3, -0.25) is 28.9 Å². The molecule has 3 N–H and O–H groups in total. The Labute approximate surface area is 197 Å². The third-order valence-corrected chi connectivity index (χ3v) is 6.37. The molecule has 190 valence electrons. The summed E-state index contributed by atoms with van der Waals surface area (Å²) in [5, 5.41) is 6.94. The van der Waals surface area contributed by atoms with Gasteiger partial charge in [-0.15, -0.1) is 0 Å². The van der Waals surface area contributed by atoms with E-state index in [9.17, 15) is 32.3 Å². The molecule has 2 saturated heterocycles. The van der Waals surface area contributed by atoms with Gasteiger partial charge in [0.2, 0.25) is 11.8 Å². The Morgan fingerprint density at radius 3 is 2.26 bits per heavy atom. The number of hydrogen-bond donors (Lipinski definition) is 3. The van der Waals surface area contributed by atoms with Gasteiger partial charge in [0, 0.05) is 12.6 Å². The van der Waals surface area contributed by atoms with Crippen LogP contribution < -0.4 is 16.0 Å². The predicted molar refractivity (Wildman–Crippen MR) is 116 cm³/mol. The molecular weight excluding hydrogens is 455 g/mol. The Morgan fingerprint density at radius 1 is 1.18 bits per heavy atom. The third-order valence-electron chi connectivity index (χ3n) is 6.37. The van der Waals surface area contributed by atoms with Gasteiger partial charge >= 0.3 is 18.2 Å². The second kappa shape index (κ2) is 10.2. The van der Waals surface area contributed by atoms with Gasteiger partial charge in [0.05, 0.1) is 11.8 Å². The molecule has 4 amide bonds. The number of likely N-dealkylation sites (tertiary alicyclic amines) is 1. The predicted octanol–water partition coefficient (Wildman–Crippen LogP) is 1.59. The first-order valence-electron chi connectivity index (χ1n) is 11.3. The van der Waals surface area contributed by atoms with Crippen LogP contribution in [0.5, 0.6) is 0 Å². The average Bonchev–Trinajstić information content (AvgIpc) is 3.26. The molecule has 2 rings (SSSR count). The molecule has 9 nitrogen and oxygen atoms in total. The zero-order valence-corrected chi connectivity index (χ0v) is 20.0.